The highest BCUT2D eigenvalue weighted by Gasteiger charge is 2.24. The van der Waals surface area contributed by atoms with Crippen LogP contribution in [-0.4, -0.2) is 28.9 Å². The number of aromatic nitrogens is 1. The second-order valence-corrected chi connectivity index (χ2v) is 6.35. The number of fused-ring (bicyclic) bond motifs is 3. The Kier molecular flexibility index (Phi) is 3.99. The van der Waals surface area contributed by atoms with Gasteiger partial charge >= 0.3 is 0 Å². The van der Waals surface area contributed by atoms with Crippen molar-refractivity contribution >= 4 is 16.8 Å². The van der Waals surface area contributed by atoms with Crippen LogP contribution in [0.25, 0.3) is 10.9 Å². The molecule has 0 saturated carbocycles. The molecule has 1 aromatic carbocycles. The van der Waals surface area contributed by atoms with Crippen LogP contribution in [-0.2, 0) is 17.8 Å². The zero-order valence-electron chi connectivity index (χ0n) is 14.2. The quantitative estimate of drug-likeness (QED) is 0.782. The van der Waals surface area contributed by atoms with Crippen molar-refractivity contribution in [2.24, 2.45) is 0 Å². The van der Waals surface area contributed by atoms with E-state index in [0.29, 0.717) is 25.3 Å². The summed E-state index contributed by atoms with van der Waals surface area (Å²) in [7, 11) is 0. The number of aryl methyl sites for hydroxylation is 1. The fraction of sp³-hybridized carbons (Fsp3) is 0.263. The van der Waals surface area contributed by atoms with E-state index in [9.17, 15) is 14.0 Å². The van der Waals surface area contributed by atoms with Crippen molar-refractivity contribution in [3.05, 3.63) is 63.6 Å². The highest BCUT2D eigenvalue weighted by Crippen LogP contribution is 2.28. The third kappa shape index (κ3) is 2.96. The first-order chi connectivity index (χ1) is 12.5. The van der Waals surface area contributed by atoms with Crippen molar-refractivity contribution in [3.8, 4) is 5.75 Å². The maximum absolute atomic E-state index is 13.6. The zero-order valence-corrected chi connectivity index (χ0v) is 14.2. The van der Waals surface area contributed by atoms with E-state index in [0.717, 1.165) is 22.2 Å². The summed E-state index contributed by atoms with van der Waals surface area (Å²) in [5.41, 5.74) is 2.48. The number of rotatable bonds is 3. The van der Waals surface area contributed by atoms with Gasteiger partial charge in [0.1, 0.15) is 17.8 Å². The second-order valence-electron chi connectivity index (χ2n) is 6.35. The molecule has 1 amide bonds. The highest BCUT2D eigenvalue weighted by molar-refractivity contribution is 5.86. The van der Waals surface area contributed by atoms with E-state index >= 15 is 0 Å². The molecular formula is C19H17FN2O4. The number of halogens is 1. The van der Waals surface area contributed by atoms with Gasteiger partial charge in [0.15, 0.2) is 6.61 Å². The Morgan fingerprint density at radius 3 is 3.04 bits per heavy atom. The van der Waals surface area contributed by atoms with Gasteiger partial charge in [-0.2, -0.15) is 0 Å². The van der Waals surface area contributed by atoms with Gasteiger partial charge < -0.3 is 19.0 Å². The van der Waals surface area contributed by atoms with Crippen LogP contribution in [0, 0.1) is 12.7 Å². The molecule has 0 saturated heterocycles. The monoisotopic (exact) mass is 356 g/mol. The smallest absolute Gasteiger partial charge is 0.260 e. The largest absolute Gasteiger partial charge is 0.477 e. The van der Waals surface area contributed by atoms with E-state index in [1.165, 1.54) is 24.5 Å². The summed E-state index contributed by atoms with van der Waals surface area (Å²) in [5, 5.41) is 0.789. The third-order valence-electron chi connectivity index (χ3n) is 4.57. The molecule has 6 nitrogen and oxygen atoms in total. The second kappa shape index (κ2) is 6.33. The van der Waals surface area contributed by atoms with E-state index in [2.05, 4.69) is 4.98 Å². The van der Waals surface area contributed by atoms with Gasteiger partial charge in [0, 0.05) is 47.7 Å². The Bertz CT molecular complexity index is 1050. The van der Waals surface area contributed by atoms with Crippen molar-refractivity contribution in [2.75, 3.05) is 13.2 Å². The molecule has 0 radical (unpaired) electrons. The lowest BCUT2D eigenvalue weighted by Crippen LogP contribution is -2.39. The number of nitrogens with zero attached hydrogens (tertiary/aromatic N) is 1. The van der Waals surface area contributed by atoms with Crippen LogP contribution in [0.3, 0.4) is 0 Å². The molecule has 0 unspecified atom stereocenters. The van der Waals surface area contributed by atoms with Crippen molar-refractivity contribution in [2.45, 2.75) is 19.9 Å². The Labute approximate surface area is 148 Å². The number of ether oxygens (including phenoxy) is 1. The number of carbonyl (C=O) groups is 1. The van der Waals surface area contributed by atoms with Crippen LogP contribution >= 0.6 is 0 Å². The highest BCUT2D eigenvalue weighted by atomic mass is 19.1. The van der Waals surface area contributed by atoms with E-state index in [-0.39, 0.29) is 29.5 Å². The van der Waals surface area contributed by atoms with Gasteiger partial charge in [0.05, 0.1) is 0 Å². The number of hydrogen-bond acceptors (Lipinski definition) is 4. The average Bonchev–Trinajstić information content (AvgIpc) is 2.98. The predicted octanol–water partition coefficient (Wildman–Crippen LogP) is 2.53. The van der Waals surface area contributed by atoms with Crippen LogP contribution in [0.5, 0.6) is 5.75 Å². The summed E-state index contributed by atoms with van der Waals surface area (Å²) >= 11 is 0. The third-order valence-corrected chi connectivity index (χ3v) is 4.57. The van der Waals surface area contributed by atoms with Crippen molar-refractivity contribution in [1.29, 1.82) is 0 Å². The summed E-state index contributed by atoms with van der Waals surface area (Å²) in [4.78, 5) is 29.2. The van der Waals surface area contributed by atoms with Gasteiger partial charge in [-0.3, -0.25) is 9.59 Å². The molecule has 3 heterocycles. The molecule has 0 fully saturated rings. The average molecular weight is 356 g/mol. The minimum atomic E-state index is -0.324. The number of aromatic amines is 1. The van der Waals surface area contributed by atoms with Gasteiger partial charge in [-0.1, -0.05) is 0 Å². The molecule has 1 aliphatic heterocycles. The minimum absolute atomic E-state index is 0.0100. The first-order valence-corrected chi connectivity index (χ1v) is 8.30. The number of hydrogen-bond donors (Lipinski definition) is 1. The molecule has 0 atom stereocenters. The molecule has 3 aromatic rings. The Morgan fingerprint density at radius 2 is 2.23 bits per heavy atom. The van der Waals surface area contributed by atoms with Crippen molar-refractivity contribution < 1.29 is 18.3 Å². The zero-order chi connectivity index (χ0) is 18.3. The SMILES string of the molecule is Cc1cc(=O)c(OCC(=O)N2CCc3[nH]c4ccc(F)cc4c3C2)co1. The van der Waals surface area contributed by atoms with Gasteiger partial charge in [0.25, 0.3) is 5.91 Å². The lowest BCUT2D eigenvalue weighted by atomic mass is 10.0. The first kappa shape index (κ1) is 16.4. The molecule has 2 aromatic heterocycles. The standard InChI is InChI=1S/C19H17FN2O4/c1-11-6-17(23)18(9-25-11)26-10-19(24)22-5-4-16-14(8-22)13-7-12(20)2-3-15(13)21-16/h2-3,6-7,9,21H,4-5,8,10H2,1H3. The molecule has 26 heavy (non-hydrogen) atoms. The molecule has 0 bridgehead atoms. The Hall–Kier alpha value is -3.09. The molecule has 1 aliphatic rings. The van der Waals surface area contributed by atoms with Crippen LogP contribution < -0.4 is 10.2 Å². The van der Waals surface area contributed by atoms with E-state index in [4.69, 9.17) is 9.15 Å². The maximum atomic E-state index is 13.6. The van der Waals surface area contributed by atoms with E-state index in [1.54, 1.807) is 17.9 Å². The van der Waals surface area contributed by atoms with Crippen LogP contribution in [0.4, 0.5) is 4.39 Å². The van der Waals surface area contributed by atoms with Crippen molar-refractivity contribution in [3.63, 3.8) is 0 Å². The maximum Gasteiger partial charge on any atom is 0.260 e. The fourth-order valence-electron chi connectivity index (χ4n) is 3.23. The summed E-state index contributed by atoms with van der Waals surface area (Å²) in [6.45, 7) is 2.32. The summed E-state index contributed by atoms with van der Waals surface area (Å²) in [6, 6.07) is 5.91. The summed E-state index contributed by atoms with van der Waals surface area (Å²) < 4.78 is 24.0. The minimum Gasteiger partial charge on any atom is -0.477 e. The molecule has 4 rings (SSSR count). The Morgan fingerprint density at radius 1 is 1.38 bits per heavy atom. The van der Waals surface area contributed by atoms with E-state index in [1.807, 2.05) is 0 Å². The molecular weight excluding hydrogens is 339 g/mol. The lowest BCUT2D eigenvalue weighted by Gasteiger charge is -2.27. The van der Waals surface area contributed by atoms with Crippen LogP contribution in [0.15, 0.2) is 39.7 Å². The number of H-pyrrole nitrogens is 1. The first-order valence-electron chi connectivity index (χ1n) is 8.30. The number of benzene rings is 1. The normalized spacial score (nSPS) is 13.7. The lowest BCUT2D eigenvalue weighted by molar-refractivity contribution is -0.134. The fourth-order valence-corrected chi connectivity index (χ4v) is 3.23. The van der Waals surface area contributed by atoms with Gasteiger partial charge in [-0.05, 0) is 25.1 Å². The van der Waals surface area contributed by atoms with Crippen LogP contribution in [0.1, 0.15) is 17.0 Å². The van der Waals surface area contributed by atoms with Gasteiger partial charge in [-0.15, -0.1) is 0 Å². The van der Waals surface area contributed by atoms with Crippen molar-refractivity contribution in [1.82, 2.24) is 9.88 Å². The van der Waals surface area contributed by atoms with Gasteiger partial charge in [-0.25, -0.2) is 4.39 Å². The van der Waals surface area contributed by atoms with Crippen LogP contribution in [0.2, 0.25) is 0 Å². The Balaban J connectivity index is 1.49. The number of carbonyl (C=O) groups excluding carboxylic acids is 1. The molecule has 0 spiro atoms. The number of nitrogens with one attached hydrogen (secondary N) is 1. The topological polar surface area (TPSA) is 75.5 Å². The number of amides is 1. The predicted molar refractivity (Wildman–Crippen MR) is 92.6 cm³/mol. The summed E-state index contributed by atoms with van der Waals surface area (Å²) in [5.74, 6) is -0.0572. The summed E-state index contributed by atoms with van der Waals surface area (Å²) in [6.07, 6.45) is 1.87. The molecule has 7 heteroatoms. The van der Waals surface area contributed by atoms with E-state index < -0.39 is 0 Å². The van der Waals surface area contributed by atoms with Gasteiger partial charge in [0.2, 0.25) is 11.2 Å². The molecule has 0 aliphatic carbocycles. The molecule has 134 valence electrons. The molecule has 1 N–H and O–H groups in total.